The molecule has 0 radical (unpaired) electrons. The number of aliphatic hydroxyl groups excluding tert-OH is 1. The number of rotatable bonds is 6. The molecular formula is C15H30O. The summed E-state index contributed by atoms with van der Waals surface area (Å²) in [6, 6.07) is 0. The maximum absolute atomic E-state index is 10.3. The van der Waals surface area contributed by atoms with Crippen LogP contribution in [0.5, 0.6) is 0 Å². The van der Waals surface area contributed by atoms with Crippen molar-refractivity contribution in [3.63, 3.8) is 0 Å². The number of aliphatic hydroxyl groups is 1. The Morgan fingerprint density at radius 2 is 1.81 bits per heavy atom. The van der Waals surface area contributed by atoms with Gasteiger partial charge in [0.15, 0.2) is 0 Å². The molecule has 1 aliphatic rings. The fraction of sp³-hybridized carbons (Fsp3) is 1.00. The van der Waals surface area contributed by atoms with E-state index in [0.717, 1.165) is 18.3 Å². The Morgan fingerprint density at radius 1 is 1.12 bits per heavy atom. The zero-order valence-corrected chi connectivity index (χ0v) is 11.4. The first-order valence-corrected chi connectivity index (χ1v) is 7.39. The van der Waals surface area contributed by atoms with Gasteiger partial charge in [-0.1, -0.05) is 52.9 Å². The van der Waals surface area contributed by atoms with Crippen molar-refractivity contribution >= 4 is 0 Å². The zero-order chi connectivity index (χ0) is 12.0. The van der Waals surface area contributed by atoms with Gasteiger partial charge in [-0.3, -0.25) is 0 Å². The number of hydrogen-bond acceptors (Lipinski definition) is 1. The van der Waals surface area contributed by atoms with Crippen LogP contribution in [-0.4, -0.2) is 11.2 Å². The summed E-state index contributed by atoms with van der Waals surface area (Å²) in [5.41, 5.74) is 0. The predicted octanol–water partition coefficient (Wildman–Crippen LogP) is 4.39. The van der Waals surface area contributed by atoms with Gasteiger partial charge in [0.2, 0.25) is 0 Å². The molecule has 1 N–H and O–H groups in total. The lowest BCUT2D eigenvalue weighted by atomic mass is 9.75. The van der Waals surface area contributed by atoms with Crippen LogP contribution in [0.15, 0.2) is 0 Å². The largest absolute Gasteiger partial charge is 0.393 e. The van der Waals surface area contributed by atoms with Gasteiger partial charge in [-0.2, -0.15) is 0 Å². The van der Waals surface area contributed by atoms with E-state index in [1.807, 2.05) is 0 Å². The van der Waals surface area contributed by atoms with Gasteiger partial charge in [-0.15, -0.1) is 0 Å². The van der Waals surface area contributed by atoms with Crippen molar-refractivity contribution in [3.8, 4) is 0 Å². The lowest BCUT2D eigenvalue weighted by molar-refractivity contribution is 0.0473. The van der Waals surface area contributed by atoms with Gasteiger partial charge in [0.05, 0.1) is 6.10 Å². The molecule has 1 heteroatoms. The molecule has 1 saturated carbocycles. The van der Waals surface area contributed by atoms with Gasteiger partial charge in [0, 0.05) is 0 Å². The Hall–Kier alpha value is -0.0400. The molecule has 0 amide bonds. The molecule has 0 bridgehead atoms. The Morgan fingerprint density at radius 3 is 2.38 bits per heavy atom. The molecule has 1 nitrogen and oxygen atoms in total. The maximum atomic E-state index is 10.3. The SMILES string of the molecule is CCC(CC)CC(O)C1CCCC(CC)C1. The highest BCUT2D eigenvalue weighted by Gasteiger charge is 2.27. The van der Waals surface area contributed by atoms with E-state index in [4.69, 9.17) is 0 Å². The zero-order valence-electron chi connectivity index (χ0n) is 11.4. The van der Waals surface area contributed by atoms with Gasteiger partial charge >= 0.3 is 0 Å². The quantitative estimate of drug-likeness (QED) is 0.712. The van der Waals surface area contributed by atoms with Gasteiger partial charge in [-0.25, -0.2) is 0 Å². The Bertz CT molecular complexity index is 174. The lowest BCUT2D eigenvalue weighted by Crippen LogP contribution is -2.28. The second-order valence-electron chi connectivity index (χ2n) is 5.69. The highest BCUT2D eigenvalue weighted by molar-refractivity contribution is 4.79. The van der Waals surface area contributed by atoms with Crippen LogP contribution in [0.3, 0.4) is 0 Å². The first-order chi connectivity index (χ1) is 7.71. The van der Waals surface area contributed by atoms with Crippen molar-refractivity contribution in [1.82, 2.24) is 0 Å². The maximum Gasteiger partial charge on any atom is 0.0571 e. The van der Waals surface area contributed by atoms with E-state index in [-0.39, 0.29) is 6.10 Å². The van der Waals surface area contributed by atoms with E-state index in [1.54, 1.807) is 0 Å². The second-order valence-corrected chi connectivity index (χ2v) is 5.69. The Labute approximate surface area is 102 Å². The number of hydrogen-bond donors (Lipinski definition) is 1. The Balaban J connectivity index is 2.37. The topological polar surface area (TPSA) is 20.2 Å². The van der Waals surface area contributed by atoms with E-state index in [2.05, 4.69) is 20.8 Å². The highest BCUT2D eigenvalue weighted by atomic mass is 16.3. The first kappa shape index (κ1) is 14.0. The minimum Gasteiger partial charge on any atom is -0.393 e. The Kier molecular flexibility index (Phi) is 6.41. The normalized spacial score (nSPS) is 28.3. The lowest BCUT2D eigenvalue weighted by Gasteiger charge is -2.33. The van der Waals surface area contributed by atoms with Crippen LogP contribution >= 0.6 is 0 Å². The van der Waals surface area contributed by atoms with E-state index < -0.39 is 0 Å². The van der Waals surface area contributed by atoms with Crippen molar-refractivity contribution in [3.05, 3.63) is 0 Å². The third kappa shape index (κ3) is 4.08. The molecule has 0 spiro atoms. The summed E-state index contributed by atoms with van der Waals surface area (Å²) in [5.74, 6) is 2.21. The van der Waals surface area contributed by atoms with Gasteiger partial charge in [-0.05, 0) is 37.0 Å². The smallest absolute Gasteiger partial charge is 0.0571 e. The van der Waals surface area contributed by atoms with E-state index in [9.17, 15) is 5.11 Å². The molecule has 0 saturated heterocycles. The molecule has 0 aromatic rings. The summed E-state index contributed by atoms with van der Waals surface area (Å²) < 4.78 is 0. The molecule has 0 aromatic heterocycles. The average molecular weight is 226 g/mol. The second kappa shape index (κ2) is 7.32. The average Bonchev–Trinajstić information content (AvgIpc) is 2.35. The fourth-order valence-corrected chi connectivity index (χ4v) is 3.21. The van der Waals surface area contributed by atoms with Crippen molar-refractivity contribution in [2.75, 3.05) is 0 Å². The highest BCUT2D eigenvalue weighted by Crippen LogP contribution is 2.35. The van der Waals surface area contributed by atoms with Crippen molar-refractivity contribution < 1.29 is 5.11 Å². The van der Waals surface area contributed by atoms with Crippen LogP contribution in [-0.2, 0) is 0 Å². The minimum atomic E-state index is -0.0285. The van der Waals surface area contributed by atoms with Crippen molar-refractivity contribution in [1.29, 1.82) is 0 Å². The summed E-state index contributed by atoms with van der Waals surface area (Å²) in [6.07, 6.45) is 10.0. The molecule has 1 rings (SSSR count). The third-order valence-corrected chi connectivity index (χ3v) is 4.67. The fourth-order valence-electron chi connectivity index (χ4n) is 3.21. The van der Waals surface area contributed by atoms with E-state index in [0.29, 0.717) is 5.92 Å². The molecule has 1 aliphatic carbocycles. The van der Waals surface area contributed by atoms with Crippen LogP contribution < -0.4 is 0 Å². The molecule has 0 aliphatic heterocycles. The van der Waals surface area contributed by atoms with Gasteiger partial charge in [0.25, 0.3) is 0 Å². The predicted molar refractivity (Wildman–Crippen MR) is 70.4 cm³/mol. The van der Waals surface area contributed by atoms with E-state index >= 15 is 0 Å². The molecule has 0 heterocycles. The summed E-state index contributed by atoms with van der Waals surface area (Å²) in [7, 11) is 0. The van der Waals surface area contributed by atoms with Gasteiger partial charge in [0.1, 0.15) is 0 Å². The molecule has 96 valence electrons. The molecule has 3 atom stereocenters. The minimum absolute atomic E-state index is 0.0285. The van der Waals surface area contributed by atoms with Crippen LogP contribution in [0.2, 0.25) is 0 Å². The van der Waals surface area contributed by atoms with Crippen LogP contribution in [0.4, 0.5) is 0 Å². The first-order valence-electron chi connectivity index (χ1n) is 7.39. The van der Waals surface area contributed by atoms with Crippen LogP contribution in [0.1, 0.15) is 72.1 Å². The monoisotopic (exact) mass is 226 g/mol. The summed E-state index contributed by atoms with van der Waals surface area (Å²) >= 11 is 0. The standard InChI is InChI=1S/C15H30O/c1-4-12(5-2)11-15(16)14-9-7-8-13(6-3)10-14/h12-16H,4-11H2,1-3H3. The molecule has 0 aromatic carbocycles. The molecule has 1 fully saturated rings. The molecule has 16 heavy (non-hydrogen) atoms. The summed E-state index contributed by atoms with van der Waals surface area (Å²) in [5, 5.41) is 10.3. The summed E-state index contributed by atoms with van der Waals surface area (Å²) in [6.45, 7) is 6.79. The molecule has 3 unspecified atom stereocenters. The van der Waals surface area contributed by atoms with Crippen LogP contribution in [0, 0.1) is 17.8 Å². The van der Waals surface area contributed by atoms with Crippen molar-refractivity contribution in [2.45, 2.75) is 78.2 Å². The van der Waals surface area contributed by atoms with Crippen molar-refractivity contribution in [2.24, 2.45) is 17.8 Å². The van der Waals surface area contributed by atoms with Crippen LogP contribution in [0.25, 0.3) is 0 Å². The third-order valence-electron chi connectivity index (χ3n) is 4.67. The summed E-state index contributed by atoms with van der Waals surface area (Å²) in [4.78, 5) is 0. The van der Waals surface area contributed by atoms with Gasteiger partial charge < -0.3 is 5.11 Å². The molecular weight excluding hydrogens is 196 g/mol. The van der Waals surface area contributed by atoms with E-state index in [1.165, 1.54) is 44.9 Å².